The Kier molecular flexibility index (Phi) is 4.77. The van der Waals surface area contributed by atoms with Crippen LogP contribution in [0.2, 0.25) is 0 Å². The Morgan fingerprint density at radius 1 is 1.18 bits per heavy atom. The Morgan fingerprint density at radius 2 is 1.93 bits per heavy atom. The summed E-state index contributed by atoms with van der Waals surface area (Å²) in [5.41, 5.74) is 2.44. The summed E-state index contributed by atoms with van der Waals surface area (Å²) < 4.78 is 3.18. The molecule has 3 aromatic heterocycles. The summed E-state index contributed by atoms with van der Waals surface area (Å²) in [6.07, 6.45) is 3.79. The van der Waals surface area contributed by atoms with Crippen LogP contribution < -0.4 is 11.2 Å². The lowest BCUT2D eigenvalue weighted by Gasteiger charge is -2.07. The zero-order valence-corrected chi connectivity index (χ0v) is 16.9. The molecule has 1 N–H and O–H groups in total. The Morgan fingerprint density at radius 3 is 2.64 bits per heavy atom. The van der Waals surface area contributed by atoms with Crippen molar-refractivity contribution in [3.63, 3.8) is 0 Å². The number of aromatic amines is 1. The third-order valence-electron chi connectivity index (χ3n) is 4.70. The standard InChI is InChI=1S/C21H22N4O2S/c1-13(2)10-25-20(26)17-14(3)18(28-19(17)23-21(25)27)16-9-22-24(12-16)11-15-7-5-4-6-8-15/h4-9,12-13H,10-11H2,1-3H3,(H,23,27). The van der Waals surface area contributed by atoms with Gasteiger partial charge in [0.1, 0.15) is 4.83 Å². The molecule has 1 aromatic carbocycles. The van der Waals surface area contributed by atoms with Crippen LogP contribution in [0.25, 0.3) is 20.7 Å². The minimum Gasteiger partial charge on any atom is -0.298 e. The van der Waals surface area contributed by atoms with Crippen molar-refractivity contribution in [2.75, 3.05) is 0 Å². The molecule has 0 fully saturated rings. The second-order valence-corrected chi connectivity index (χ2v) is 8.43. The van der Waals surface area contributed by atoms with E-state index < -0.39 is 0 Å². The van der Waals surface area contributed by atoms with Gasteiger partial charge in [-0.1, -0.05) is 44.2 Å². The molecule has 0 spiro atoms. The molecule has 4 rings (SSSR count). The van der Waals surface area contributed by atoms with Crippen LogP contribution in [0.3, 0.4) is 0 Å². The Labute approximate surface area is 166 Å². The van der Waals surface area contributed by atoms with Crippen LogP contribution in [0.1, 0.15) is 25.0 Å². The van der Waals surface area contributed by atoms with Gasteiger partial charge in [-0.25, -0.2) is 4.79 Å². The van der Waals surface area contributed by atoms with Gasteiger partial charge in [0.2, 0.25) is 0 Å². The number of nitrogens with one attached hydrogen (secondary N) is 1. The Hall–Kier alpha value is -2.93. The zero-order valence-electron chi connectivity index (χ0n) is 16.1. The highest BCUT2D eigenvalue weighted by molar-refractivity contribution is 7.22. The number of benzene rings is 1. The maximum atomic E-state index is 12.9. The molecule has 0 unspecified atom stereocenters. The van der Waals surface area contributed by atoms with Crippen molar-refractivity contribution in [2.24, 2.45) is 5.92 Å². The fourth-order valence-corrected chi connectivity index (χ4v) is 4.56. The summed E-state index contributed by atoms with van der Waals surface area (Å²) in [5.74, 6) is 0.214. The summed E-state index contributed by atoms with van der Waals surface area (Å²) in [4.78, 5) is 29.7. The molecule has 0 aliphatic rings. The molecule has 0 saturated carbocycles. The van der Waals surface area contributed by atoms with E-state index in [1.54, 1.807) is 0 Å². The first-order valence-electron chi connectivity index (χ1n) is 9.27. The summed E-state index contributed by atoms with van der Waals surface area (Å²) in [6, 6.07) is 10.1. The van der Waals surface area contributed by atoms with Crippen molar-refractivity contribution >= 4 is 21.6 Å². The van der Waals surface area contributed by atoms with Gasteiger partial charge in [0.15, 0.2) is 0 Å². The predicted molar refractivity (Wildman–Crippen MR) is 113 cm³/mol. The number of aryl methyl sites for hydroxylation is 1. The van der Waals surface area contributed by atoms with E-state index in [1.165, 1.54) is 21.5 Å². The SMILES string of the molecule is Cc1c(-c2cnn(Cc3ccccc3)c2)sc2[nH]c(=O)n(CC(C)C)c(=O)c12. The van der Waals surface area contributed by atoms with Gasteiger partial charge in [0.05, 0.1) is 18.1 Å². The molecular weight excluding hydrogens is 372 g/mol. The smallest absolute Gasteiger partial charge is 0.298 e. The summed E-state index contributed by atoms with van der Waals surface area (Å²) >= 11 is 1.43. The molecule has 0 aliphatic heterocycles. The number of nitrogens with zero attached hydrogens (tertiary/aromatic N) is 3. The average molecular weight is 395 g/mol. The third kappa shape index (κ3) is 3.33. The van der Waals surface area contributed by atoms with Gasteiger partial charge >= 0.3 is 5.69 Å². The van der Waals surface area contributed by atoms with Gasteiger partial charge in [-0.15, -0.1) is 11.3 Å². The van der Waals surface area contributed by atoms with Crippen LogP contribution in [0.5, 0.6) is 0 Å². The monoisotopic (exact) mass is 394 g/mol. The Balaban J connectivity index is 1.76. The molecule has 3 heterocycles. The highest BCUT2D eigenvalue weighted by Crippen LogP contribution is 2.35. The first-order valence-corrected chi connectivity index (χ1v) is 10.1. The fourth-order valence-electron chi connectivity index (χ4n) is 3.39. The summed E-state index contributed by atoms with van der Waals surface area (Å²) in [6.45, 7) is 7.00. The van der Waals surface area contributed by atoms with Gasteiger partial charge in [0.25, 0.3) is 5.56 Å². The van der Waals surface area contributed by atoms with E-state index in [2.05, 4.69) is 22.2 Å². The van der Waals surface area contributed by atoms with Crippen LogP contribution in [0.4, 0.5) is 0 Å². The van der Waals surface area contributed by atoms with Crippen molar-refractivity contribution in [1.29, 1.82) is 0 Å². The van der Waals surface area contributed by atoms with E-state index in [1.807, 2.05) is 56.0 Å². The van der Waals surface area contributed by atoms with E-state index in [0.29, 0.717) is 23.3 Å². The van der Waals surface area contributed by atoms with E-state index in [4.69, 9.17) is 0 Å². The third-order valence-corrected chi connectivity index (χ3v) is 5.96. The quantitative estimate of drug-likeness (QED) is 0.562. The maximum Gasteiger partial charge on any atom is 0.329 e. The molecule has 0 saturated heterocycles. The van der Waals surface area contributed by atoms with Crippen molar-refractivity contribution in [1.82, 2.24) is 19.3 Å². The number of aromatic nitrogens is 4. The largest absolute Gasteiger partial charge is 0.329 e. The first kappa shape index (κ1) is 18.4. The normalized spacial score (nSPS) is 11.6. The van der Waals surface area contributed by atoms with Gasteiger partial charge < -0.3 is 0 Å². The van der Waals surface area contributed by atoms with Crippen LogP contribution >= 0.6 is 11.3 Å². The molecule has 144 valence electrons. The molecule has 6 nitrogen and oxygen atoms in total. The number of hydrogen-bond donors (Lipinski definition) is 1. The number of hydrogen-bond acceptors (Lipinski definition) is 4. The van der Waals surface area contributed by atoms with Crippen LogP contribution in [0, 0.1) is 12.8 Å². The van der Waals surface area contributed by atoms with Crippen LogP contribution in [-0.4, -0.2) is 19.3 Å². The lowest BCUT2D eigenvalue weighted by atomic mass is 10.1. The highest BCUT2D eigenvalue weighted by atomic mass is 32.1. The first-order chi connectivity index (χ1) is 13.4. The van der Waals surface area contributed by atoms with Crippen molar-refractivity contribution < 1.29 is 0 Å². The lowest BCUT2D eigenvalue weighted by molar-refractivity contribution is 0.496. The van der Waals surface area contributed by atoms with Crippen molar-refractivity contribution in [3.05, 3.63) is 74.7 Å². The van der Waals surface area contributed by atoms with Gasteiger partial charge in [-0.05, 0) is 24.0 Å². The van der Waals surface area contributed by atoms with E-state index >= 15 is 0 Å². The zero-order chi connectivity index (χ0) is 19.8. The van der Waals surface area contributed by atoms with Crippen LogP contribution in [0.15, 0.2) is 52.3 Å². The summed E-state index contributed by atoms with van der Waals surface area (Å²) in [5, 5.41) is 5.06. The molecule has 4 aromatic rings. The number of thiophene rings is 1. The van der Waals surface area contributed by atoms with Crippen LogP contribution in [-0.2, 0) is 13.1 Å². The predicted octanol–water partition coefficient (Wildman–Crippen LogP) is 3.63. The maximum absolute atomic E-state index is 12.9. The molecule has 0 bridgehead atoms. The highest BCUT2D eigenvalue weighted by Gasteiger charge is 2.18. The molecule has 0 radical (unpaired) electrons. The second-order valence-electron chi connectivity index (χ2n) is 7.41. The van der Waals surface area contributed by atoms with E-state index in [9.17, 15) is 9.59 Å². The number of fused-ring (bicyclic) bond motifs is 1. The molecule has 28 heavy (non-hydrogen) atoms. The average Bonchev–Trinajstić information content (AvgIpc) is 3.23. The molecular formula is C21H22N4O2S. The number of H-pyrrole nitrogens is 1. The van der Waals surface area contributed by atoms with E-state index in [-0.39, 0.29) is 17.2 Å². The summed E-state index contributed by atoms with van der Waals surface area (Å²) in [7, 11) is 0. The minimum atomic E-state index is -0.348. The van der Waals surface area contributed by atoms with E-state index in [0.717, 1.165) is 16.0 Å². The van der Waals surface area contributed by atoms with Gasteiger partial charge in [0, 0.05) is 23.2 Å². The van der Waals surface area contributed by atoms with Gasteiger partial charge in [-0.3, -0.25) is 19.0 Å². The second kappa shape index (κ2) is 7.24. The molecule has 0 amide bonds. The molecule has 7 heteroatoms. The lowest BCUT2D eigenvalue weighted by Crippen LogP contribution is -2.36. The minimum absolute atomic E-state index is 0.214. The number of rotatable bonds is 5. The topological polar surface area (TPSA) is 72.7 Å². The fraction of sp³-hybridized carbons (Fsp3) is 0.286. The Bertz CT molecular complexity index is 1250. The van der Waals surface area contributed by atoms with Crippen molar-refractivity contribution in [3.8, 4) is 10.4 Å². The van der Waals surface area contributed by atoms with Crippen molar-refractivity contribution in [2.45, 2.75) is 33.9 Å². The van der Waals surface area contributed by atoms with Gasteiger partial charge in [-0.2, -0.15) is 5.10 Å². The molecule has 0 atom stereocenters. The molecule has 0 aliphatic carbocycles.